The summed E-state index contributed by atoms with van der Waals surface area (Å²) in [5.74, 6) is 0. The van der Waals surface area contributed by atoms with Crippen molar-refractivity contribution in [3.8, 4) is 0 Å². The van der Waals surface area contributed by atoms with Gasteiger partial charge in [-0.25, -0.2) is 0 Å². The van der Waals surface area contributed by atoms with Gasteiger partial charge >= 0.3 is 0 Å². The molecule has 1 rings (SSSR count). The van der Waals surface area contributed by atoms with E-state index in [0.29, 0.717) is 6.61 Å². The molecule has 0 aromatic heterocycles. The van der Waals surface area contributed by atoms with Crippen LogP contribution in [0.4, 0.5) is 0 Å². The minimum atomic E-state index is 0.684. The molecule has 0 amide bonds. The lowest BCUT2D eigenvalue weighted by atomic mass is 10.2. The molecule has 0 atom stereocenters. The maximum absolute atomic E-state index is 5.12. The molecule has 0 unspecified atom stereocenters. The zero-order chi connectivity index (χ0) is 11.6. The summed E-state index contributed by atoms with van der Waals surface area (Å²) in [5, 5.41) is 3.80. The number of nitrogens with zero attached hydrogens (tertiary/aromatic N) is 1. The van der Waals surface area contributed by atoms with Crippen molar-refractivity contribution in [2.45, 2.75) is 32.6 Å². The van der Waals surface area contributed by atoms with Crippen LogP contribution in [-0.4, -0.2) is 12.8 Å². The highest BCUT2D eigenvalue weighted by atomic mass is 79.9. The zero-order valence-corrected chi connectivity index (χ0v) is 11.2. The van der Waals surface area contributed by atoms with Gasteiger partial charge in [0.15, 0.2) is 0 Å². The summed E-state index contributed by atoms with van der Waals surface area (Å²) in [6, 6.07) is 7.79. The Bertz CT molecular complexity index is 308. The maximum Gasteiger partial charge on any atom is 0.139 e. The normalized spacial score (nSPS) is 10.9. The fourth-order valence-corrected chi connectivity index (χ4v) is 1.51. The Morgan fingerprint density at radius 2 is 1.94 bits per heavy atom. The number of rotatable bonds is 7. The number of hydrogen-bond donors (Lipinski definition) is 0. The third-order valence-corrected chi connectivity index (χ3v) is 2.70. The van der Waals surface area contributed by atoms with Gasteiger partial charge in [-0.05, 0) is 25.0 Å². The number of halogens is 1. The maximum atomic E-state index is 5.12. The van der Waals surface area contributed by atoms with Gasteiger partial charge in [-0.1, -0.05) is 53.0 Å². The molecule has 2 nitrogen and oxygen atoms in total. The predicted molar refractivity (Wildman–Crippen MR) is 70.8 cm³/mol. The number of benzene rings is 1. The van der Waals surface area contributed by atoms with Crippen LogP contribution in [-0.2, 0) is 4.84 Å². The fourth-order valence-electron chi connectivity index (χ4n) is 1.25. The minimum Gasteiger partial charge on any atom is -0.395 e. The van der Waals surface area contributed by atoms with Gasteiger partial charge in [0.2, 0.25) is 0 Å². The summed E-state index contributed by atoms with van der Waals surface area (Å²) < 4.78 is 1.05. The topological polar surface area (TPSA) is 21.6 Å². The molecule has 1 radical (unpaired) electrons. The lowest BCUT2D eigenvalue weighted by Gasteiger charge is -1.98. The van der Waals surface area contributed by atoms with Gasteiger partial charge < -0.3 is 4.84 Å². The van der Waals surface area contributed by atoms with Crippen LogP contribution in [0.25, 0.3) is 0 Å². The summed E-state index contributed by atoms with van der Waals surface area (Å²) >= 11 is 3.37. The van der Waals surface area contributed by atoms with Crippen LogP contribution < -0.4 is 0 Å². The van der Waals surface area contributed by atoms with Gasteiger partial charge in [0.1, 0.15) is 12.8 Å². The van der Waals surface area contributed by atoms with E-state index >= 15 is 0 Å². The molecule has 0 N–H and O–H groups in total. The molecule has 16 heavy (non-hydrogen) atoms. The smallest absolute Gasteiger partial charge is 0.139 e. The fraction of sp³-hybridized carbons (Fsp3) is 0.462. The van der Waals surface area contributed by atoms with Crippen molar-refractivity contribution in [2.24, 2.45) is 5.16 Å². The molecule has 3 heteroatoms. The lowest BCUT2D eigenvalue weighted by molar-refractivity contribution is 0.141. The minimum absolute atomic E-state index is 0.684. The van der Waals surface area contributed by atoms with Crippen molar-refractivity contribution in [3.05, 3.63) is 34.3 Å². The van der Waals surface area contributed by atoms with Crippen molar-refractivity contribution in [2.75, 3.05) is 6.61 Å². The Hall–Kier alpha value is -0.830. The Morgan fingerprint density at radius 1 is 1.19 bits per heavy atom. The van der Waals surface area contributed by atoms with Crippen LogP contribution in [0.15, 0.2) is 33.9 Å². The van der Waals surface area contributed by atoms with Crippen LogP contribution in [0.3, 0.4) is 0 Å². The van der Waals surface area contributed by atoms with E-state index in [-0.39, 0.29) is 0 Å². The molecule has 1 aromatic carbocycles. The summed E-state index contributed by atoms with van der Waals surface area (Å²) in [4.78, 5) is 5.12. The first-order valence-electron chi connectivity index (χ1n) is 5.66. The Kier molecular flexibility index (Phi) is 6.90. The van der Waals surface area contributed by atoms with Gasteiger partial charge in [0, 0.05) is 10.0 Å². The summed E-state index contributed by atoms with van der Waals surface area (Å²) in [6.07, 6.45) is 7.64. The molecule has 0 heterocycles. The first kappa shape index (κ1) is 13.2. The third-order valence-electron chi connectivity index (χ3n) is 2.17. The highest BCUT2D eigenvalue weighted by Crippen LogP contribution is 2.09. The van der Waals surface area contributed by atoms with E-state index < -0.39 is 0 Å². The second-order valence-electron chi connectivity index (χ2n) is 3.60. The molecule has 0 fully saturated rings. The van der Waals surface area contributed by atoms with Gasteiger partial charge in [0.25, 0.3) is 0 Å². The molecule has 0 saturated carbocycles. The third kappa shape index (κ3) is 5.91. The summed E-state index contributed by atoms with van der Waals surface area (Å²) in [6.45, 7) is 2.88. The van der Waals surface area contributed by atoms with Crippen molar-refractivity contribution < 1.29 is 4.84 Å². The van der Waals surface area contributed by atoms with E-state index in [1.807, 2.05) is 24.3 Å². The first-order chi connectivity index (χ1) is 7.83. The van der Waals surface area contributed by atoms with Crippen LogP contribution >= 0.6 is 15.9 Å². The van der Waals surface area contributed by atoms with Crippen LogP contribution in [0.2, 0.25) is 0 Å². The van der Waals surface area contributed by atoms with E-state index in [1.54, 1.807) is 0 Å². The van der Waals surface area contributed by atoms with E-state index in [2.05, 4.69) is 34.2 Å². The molecular formula is C13H17BrNO. The second kappa shape index (κ2) is 8.34. The number of unbranched alkanes of at least 4 members (excludes halogenated alkanes) is 3. The van der Waals surface area contributed by atoms with E-state index in [1.165, 1.54) is 19.3 Å². The molecule has 0 aliphatic heterocycles. The molecule has 87 valence electrons. The average molecular weight is 283 g/mol. The molecule has 0 bridgehead atoms. The summed E-state index contributed by atoms with van der Waals surface area (Å²) in [5.41, 5.74) is 0.928. The van der Waals surface area contributed by atoms with Crippen LogP contribution in [0, 0.1) is 0 Å². The van der Waals surface area contributed by atoms with Crippen molar-refractivity contribution in [1.29, 1.82) is 0 Å². The van der Waals surface area contributed by atoms with E-state index in [9.17, 15) is 0 Å². The second-order valence-corrected chi connectivity index (χ2v) is 4.52. The summed E-state index contributed by atoms with van der Waals surface area (Å²) in [7, 11) is 0. The van der Waals surface area contributed by atoms with Gasteiger partial charge in [-0.15, -0.1) is 0 Å². The molecule has 1 aromatic rings. The highest BCUT2D eigenvalue weighted by Gasteiger charge is 1.90. The van der Waals surface area contributed by atoms with Crippen LogP contribution in [0.5, 0.6) is 0 Å². The van der Waals surface area contributed by atoms with Crippen molar-refractivity contribution >= 4 is 22.1 Å². The monoisotopic (exact) mass is 282 g/mol. The molecule has 0 saturated heterocycles. The molecule has 0 spiro atoms. The molecule has 0 aliphatic rings. The Balaban J connectivity index is 2.14. The Morgan fingerprint density at radius 3 is 2.62 bits per heavy atom. The van der Waals surface area contributed by atoms with Crippen molar-refractivity contribution in [1.82, 2.24) is 0 Å². The zero-order valence-electron chi connectivity index (χ0n) is 9.58. The quantitative estimate of drug-likeness (QED) is 0.416. The lowest BCUT2D eigenvalue weighted by Crippen LogP contribution is -1.89. The highest BCUT2D eigenvalue weighted by molar-refractivity contribution is 9.10. The van der Waals surface area contributed by atoms with Crippen molar-refractivity contribution in [3.63, 3.8) is 0 Å². The van der Waals surface area contributed by atoms with Gasteiger partial charge in [-0.3, -0.25) is 0 Å². The molecular weight excluding hydrogens is 266 g/mol. The average Bonchev–Trinajstić information content (AvgIpc) is 2.30. The Labute approximate surface area is 106 Å². The number of hydrogen-bond acceptors (Lipinski definition) is 2. The van der Waals surface area contributed by atoms with Gasteiger partial charge in [0.05, 0.1) is 0 Å². The van der Waals surface area contributed by atoms with Gasteiger partial charge in [-0.2, -0.15) is 0 Å². The van der Waals surface area contributed by atoms with Crippen LogP contribution in [0.1, 0.15) is 38.2 Å². The molecule has 0 aliphatic carbocycles. The largest absolute Gasteiger partial charge is 0.395 e. The van der Waals surface area contributed by atoms with E-state index in [0.717, 1.165) is 16.5 Å². The SMILES string of the molecule is CCCCCCO/N=[C]/c1ccc(Br)cc1. The van der Waals surface area contributed by atoms with E-state index in [4.69, 9.17) is 4.84 Å². The standard InChI is InChI=1S/C13H17BrNO/c1-2-3-4-5-10-16-15-11-12-6-8-13(14)9-7-12/h6-9H,2-5,10H2,1H3. The first-order valence-corrected chi connectivity index (χ1v) is 6.46. The predicted octanol–water partition coefficient (Wildman–Crippen LogP) is 4.26.